The van der Waals surface area contributed by atoms with Gasteiger partial charge in [-0.15, -0.1) is 0 Å². The average molecular weight is 406 g/mol. The van der Waals surface area contributed by atoms with Crippen molar-refractivity contribution in [2.75, 3.05) is 25.5 Å². The van der Waals surface area contributed by atoms with Crippen LogP contribution in [0.15, 0.2) is 47.4 Å². The number of hydrogen-bond donors (Lipinski definition) is 1. The third-order valence-corrected chi connectivity index (χ3v) is 6.63. The summed E-state index contributed by atoms with van der Waals surface area (Å²) in [5.74, 6) is -0.697. The summed E-state index contributed by atoms with van der Waals surface area (Å²) in [6.07, 6.45) is 3.63. The van der Waals surface area contributed by atoms with Crippen molar-refractivity contribution in [2.45, 2.75) is 30.6 Å². The van der Waals surface area contributed by atoms with Gasteiger partial charge in [-0.05, 0) is 55.3 Å². The van der Waals surface area contributed by atoms with E-state index in [2.05, 4.69) is 5.32 Å². The number of carbonyl (C=O) groups is 1. The van der Waals surface area contributed by atoms with E-state index in [0.29, 0.717) is 18.8 Å². The summed E-state index contributed by atoms with van der Waals surface area (Å²) in [5, 5.41) is 2.64. The molecule has 1 saturated heterocycles. The second kappa shape index (κ2) is 8.70. The lowest BCUT2D eigenvalue weighted by Gasteiger charge is -2.21. The maximum Gasteiger partial charge on any atom is 0.255 e. The molecule has 1 aliphatic heterocycles. The molecule has 8 heteroatoms. The Morgan fingerprint density at radius 3 is 2.29 bits per heavy atom. The molecule has 2 aromatic rings. The summed E-state index contributed by atoms with van der Waals surface area (Å²) in [7, 11) is -2.39. The van der Waals surface area contributed by atoms with Crippen LogP contribution in [0.25, 0.3) is 0 Å². The Labute approximate surface area is 164 Å². The maximum absolute atomic E-state index is 13.2. The van der Waals surface area contributed by atoms with Crippen LogP contribution in [-0.2, 0) is 10.0 Å². The highest BCUT2D eigenvalue weighted by Gasteiger charge is 2.29. The van der Waals surface area contributed by atoms with Gasteiger partial charge < -0.3 is 10.1 Å². The van der Waals surface area contributed by atoms with E-state index >= 15 is 0 Å². The van der Waals surface area contributed by atoms with Crippen LogP contribution in [0.3, 0.4) is 0 Å². The van der Waals surface area contributed by atoms with E-state index < -0.39 is 21.7 Å². The van der Waals surface area contributed by atoms with Gasteiger partial charge in [0.1, 0.15) is 16.5 Å². The van der Waals surface area contributed by atoms with Crippen LogP contribution in [0.1, 0.15) is 36.0 Å². The van der Waals surface area contributed by atoms with Crippen molar-refractivity contribution in [1.29, 1.82) is 0 Å². The lowest BCUT2D eigenvalue weighted by Crippen LogP contribution is -2.32. The van der Waals surface area contributed by atoms with Gasteiger partial charge >= 0.3 is 0 Å². The van der Waals surface area contributed by atoms with Crippen LogP contribution >= 0.6 is 0 Å². The first-order chi connectivity index (χ1) is 13.4. The molecule has 0 unspecified atom stereocenters. The highest BCUT2D eigenvalue weighted by Crippen LogP contribution is 2.29. The maximum atomic E-state index is 13.2. The number of nitrogens with zero attached hydrogens (tertiary/aromatic N) is 1. The van der Waals surface area contributed by atoms with Crippen LogP contribution in [-0.4, -0.2) is 38.8 Å². The Bertz CT molecular complexity index is 937. The van der Waals surface area contributed by atoms with E-state index in [0.717, 1.165) is 25.7 Å². The molecule has 0 aromatic heterocycles. The van der Waals surface area contributed by atoms with Crippen LogP contribution < -0.4 is 10.1 Å². The zero-order chi connectivity index (χ0) is 20.1. The fourth-order valence-electron chi connectivity index (χ4n) is 3.18. The highest BCUT2D eigenvalue weighted by molar-refractivity contribution is 7.89. The summed E-state index contributed by atoms with van der Waals surface area (Å²) in [6.45, 7) is 0.912. The van der Waals surface area contributed by atoms with Crippen molar-refractivity contribution in [3.63, 3.8) is 0 Å². The predicted molar refractivity (Wildman–Crippen MR) is 105 cm³/mol. The zero-order valence-electron chi connectivity index (χ0n) is 15.7. The number of rotatable bonds is 5. The topological polar surface area (TPSA) is 75.7 Å². The number of carbonyl (C=O) groups excluding carboxylic acids is 1. The third-order valence-electron chi connectivity index (χ3n) is 4.71. The smallest absolute Gasteiger partial charge is 0.255 e. The first-order valence-electron chi connectivity index (χ1n) is 9.17. The van der Waals surface area contributed by atoms with Gasteiger partial charge in [0.2, 0.25) is 10.0 Å². The third kappa shape index (κ3) is 4.51. The number of methoxy groups -OCH3 is 1. The van der Waals surface area contributed by atoms with Gasteiger partial charge in [0.15, 0.2) is 0 Å². The Balaban J connectivity index is 1.90. The van der Waals surface area contributed by atoms with Gasteiger partial charge in [0, 0.05) is 24.3 Å². The zero-order valence-corrected chi connectivity index (χ0v) is 16.5. The molecule has 150 valence electrons. The molecule has 1 N–H and O–H groups in total. The van der Waals surface area contributed by atoms with Gasteiger partial charge in [0.25, 0.3) is 5.91 Å². The summed E-state index contributed by atoms with van der Waals surface area (Å²) in [5.41, 5.74) is 0.595. The van der Waals surface area contributed by atoms with E-state index in [1.165, 1.54) is 53.9 Å². The summed E-state index contributed by atoms with van der Waals surface area (Å²) >= 11 is 0. The summed E-state index contributed by atoms with van der Waals surface area (Å²) in [6, 6.07) is 9.65. The summed E-state index contributed by atoms with van der Waals surface area (Å²) < 4.78 is 46.0. The van der Waals surface area contributed by atoms with Crippen LogP contribution in [0, 0.1) is 5.82 Å². The quantitative estimate of drug-likeness (QED) is 0.822. The standard InChI is InChI=1S/C20H23FN2O4S/c1-27-18-11-6-15(20(24)22-17-9-7-16(21)8-10-17)14-19(18)28(25,26)23-12-4-2-3-5-13-23/h6-11,14H,2-5,12-13H2,1H3,(H,22,24). The first-order valence-corrected chi connectivity index (χ1v) is 10.6. The fourth-order valence-corrected chi connectivity index (χ4v) is 4.88. The number of nitrogens with one attached hydrogen (secondary N) is 1. The number of anilines is 1. The van der Waals surface area contributed by atoms with Crippen molar-refractivity contribution < 1.29 is 22.3 Å². The first kappa shape index (κ1) is 20.3. The lowest BCUT2D eigenvalue weighted by atomic mass is 10.2. The molecule has 0 radical (unpaired) electrons. The van der Waals surface area contributed by atoms with E-state index in [9.17, 15) is 17.6 Å². The van der Waals surface area contributed by atoms with Crippen LogP contribution in [0.2, 0.25) is 0 Å². The number of hydrogen-bond acceptors (Lipinski definition) is 4. The van der Waals surface area contributed by atoms with Gasteiger partial charge in [-0.2, -0.15) is 4.31 Å². The largest absolute Gasteiger partial charge is 0.495 e. The number of ether oxygens (including phenoxy) is 1. The van der Waals surface area contributed by atoms with Gasteiger partial charge in [0.05, 0.1) is 7.11 Å². The minimum Gasteiger partial charge on any atom is -0.495 e. The predicted octanol–water partition coefficient (Wildman–Crippen LogP) is 3.65. The second-order valence-electron chi connectivity index (χ2n) is 6.64. The van der Waals surface area contributed by atoms with Gasteiger partial charge in [-0.1, -0.05) is 12.8 Å². The number of sulfonamides is 1. The molecule has 0 atom stereocenters. The molecule has 1 aliphatic rings. The van der Waals surface area contributed by atoms with E-state index in [4.69, 9.17) is 4.74 Å². The Kier molecular flexibility index (Phi) is 6.31. The lowest BCUT2D eigenvalue weighted by molar-refractivity contribution is 0.102. The molecular formula is C20H23FN2O4S. The van der Waals surface area contributed by atoms with Crippen LogP contribution in [0.5, 0.6) is 5.75 Å². The highest BCUT2D eigenvalue weighted by atomic mass is 32.2. The molecule has 0 bridgehead atoms. The molecule has 1 fully saturated rings. The molecule has 0 saturated carbocycles. The van der Waals surface area contributed by atoms with Crippen molar-refractivity contribution in [3.8, 4) is 5.75 Å². The monoisotopic (exact) mass is 406 g/mol. The van der Waals surface area contributed by atoms with Crippen molar-refractivity contribution in [2.24, 2.45) is 0 Å². The molecule has 0 aliphatic carbocycles. The number of halogens is 1. The Morgan fingerprint density at radius 2 is 1.68 bits per heavy atom. The van der Waals surface area contributed by atoms with E-state index in [-0.39, 0.29) is 16.2 Å². The van der Waals surface area contributed by atoms with Crippen molar-refractivity contribution >= 4 is 21.6 Å². The molecule has 3 rings (SSSR count). The number of benzene rings is 2. The fraction of sp³-hybridized carbons (Fsp3) is 0.350. The van der Waals surface area contributed by atoms with E-state index in [1.807, 2.05) is 0 Å². The molecule has 28 heavy (non-hydrogen) atoms. The van der Waals surface area contributed by atoms with Crippen molar-refractivity contribution in [3.05, 3.63) is 53.8 Å². The minimum atomic E-state index is -3.78. The molecular weight excluding hydrogens is 383 g/mol. The Hall–Kier alpha value is -2.45. The molecule has 1 amide bonds. The normalized spacial score (nSPS) is 15.6. The molecule has 1 heterocycles. The minimum absolute atomic E-state index is 0.0244. The SMILES string of the molecule is COc1ccc(C(=O)Nc2ccc(F)cc2)cc1S(=O)(=O)N1CCCCCC1. The Morgan fingerprint density at radius 1 is 1.04 bits per heavy atom. The van der Waals surface area contributed by atoms with Gasteiger partial charge in [-0.25, -0.2) is 12.8 Å². The molecule has 0 spiro atoms. The van der Waals surface area contributed by atoms with E-state index in [1.54, 1.807) is 0 Å². The average Bonchev–Trinajstić information content (AvgIpc) is 2.99. The van der Waals surface area contributed by atoms with Crippen molar-refractivity contribution in [1.82, 2.24) is 4.31 Å². The summed E-state index contributed by atoms with van der Waals surface area (Å²) in [4.78, 5) is 12.5. The second-order valence-corrected chi connectivity index (χ2v) is 8.55. The molecule has 2 aromatic carbocycles. The molecule has 6 nitrogen and oxygen atoms in total. The van der Waals surface area contributed by atoms with Crippen LogP contribution in [0.4, 0.5) is 10.1 Å². The van der Waals surface area contributed by atoms with Gasteiger partial charge in [-0.3, -0.25) is 4.79 Å². The number of amides is 1.